The molecule has 0 heterocycles. The van der Waals surface area contributed by atoms with Crippen LogP contribution >= 0.6 is 0 Å². The van der Waals surface area contributed by atoms with Gasteiger partial charge in [0.2, 0.25) is 5.91 Å². The predicted octanol–water partition coefficient (Wildman–Crippen LogP) is 16.1. The van der Waals surface area contributed by atoms with Crippen molar-refractivity contribution in [3.05, 3.63) is 36.5 Å². The van der Waals surface area contributed by atoms with Gasteiger partial charge < -0.3 is 20.3 Å². The van der Waals surface area contributed by atoms with Gasteiger partial charge in [0.1, 0.15) is 0 Å². The molecule has 0 rings (SSSR count). The first-order valence-electron chi connectivity index (χ1n) is 26.8. The highest BCUT2D eigenvalue weighted by molar-refractivity contribution is 5.76. The van der Waals surface area contributed by atoms with Gasteiger partial charge in [-0.3, -0.25) is 9.59 Å². The zero-order valence-electron chi connectivity index (χ0n) is 40.6. The molecule has 0 aliphatic rings. The molecule has 0 saturated heterocycles. The minimum atomic E-state index is -0.846. The molecule has 0 fully saturated rings. The number of aliphatic hydroxyl groups is 2. The normalized spacial score (nSPS) is 12.9. The van der Waals surface area contributed by atoms with E-state index in [1.165, 1.54) is 199 Å². The Morgan fingerprint density at radius 3 is 1.21 bits per heavy atom. The van der Waals surface area contributed by atoms with Gasteiger partial charge >= 0.3 is 5.97 Å². The monoisotopic (exact) mass is 858 g/mol. The second kappa shape index (κ2) is 50.7. The number of allylic oxidation sites excluding steroid dienone is 5. The van der Waals surface area contributed by atoms with E-state index in [0.29, 0.717) is 19.4 Å². The molecule has 2 atom stereocenters. The number of carbonyl (C=O) groups excluding carboxylic acids is 2. The maximum Gasteiger partial charge on any atom is 0.305 e. The molecule has 0 aromatic heterocycles. The minimum absolute atomic E-state index is 0.000899. The van der Waals surface area contributed by atoms with Crippen molar-refractivity contribution >= 4 is 11.9 Å². The largest absolute Gasteiger partial charge is 0.466 e. The van der Waals surface area contributed by atoms with Crippen LogP contribution in [0.1, 0.15) is 277 Å². The fraction of sp³-hybridized carbons (Fsp3) is 0.855. The molecule has 358 valence electrons. The molecule has 6 heteroatoms. The maximum absolute atomic E-state index is 12.4. The van der Waals surface area contributed by atoms with E-state index < -0.39 is 12.1 Å². The van der Waals surface area contributed by atoms with Crippen LogP contribution in [0.2, 0.25) is 0 Å². The van der Waals surface area contributed by atoms with Crippen molar-refractivity contribution in [1.82, 2.24) is 5.32 Å². The number of hydrogen-bond acceptors (Lipinski definition) is 5. The van der Waals surface area contributed by atoms with Crippen LogP contribution in [0.5, 0.6) is 0 Å². The summed E-state index contributed by atoms with van der Waals surface area (Å²) in [7, 11) is 0. The first kappa shape index (κ1) is 59.1. The van der Waals surface area contributed by atoms with Gasteiger partial charge in [-0.1, -0.05) is 224 Å². The lowest BCUT2D eigenvalue weighted by Crippen LogP contribution is -2.45. The van der Waals surface area contributed by atoms with Crippen molar-refractivity contribution in [3.8, 4) is 0 Å². The third kappa shape index (κ3) is 47.4. The molecule has 3 N–H and O–H groups in total. The average Bonchev–Trinajstić information content (AvgIpc) is 3.26. The first-order chi connectivity index (χ1) is 30.0. The fourth-order valence-corrected chi connectivity index (χ4v) is 7.96. The summed E-state index contributed by atoms with van der Waals surface area (Å²) in [6.07, 6.45) is 61.6. The molecule has 0 bridgehead atoms. The quantitative estimate of drug-likeness (QED) is 0.0322. The summed E-state index contributed by atoms with van der Waals surface area (Å²) in [5.74, 6) is -0.0778. The van der Waals surface area contributed by atoms with Gasteiger partial charge in [0.05, 0.1) is 25.4 Å². The topological polar surface area (TPSA) is 95.9 Å². The summed E-state index contributed by atoms with van der Waals surface area (Å²) < 4.78 is 5.45. The number of esters is 1. The Hall–Kier alpha value is -1.92. The first-order valence-corrected chi connectivity index (χ1v) is 26.8. The number of rotatable bonds is 49. The molecule has 61 heavy (non-hydrogen) atoms. The molecule has 0 saturated carbocycles. The van der Waals surface area contributed by atoms with E-state index in [9.17, 15) is 19.8 Å². The van der Waals surface area contributed by atoms with Crippen LogP contribution in [0.15, 0.2) is 36.5 Å². The standard InChI is InChI=1S/C55H103NO5/c1-3-5-7-9-11-13-28-33-37-41-45-49-55(60)61-50-46-42-38-34-30-27-25-23-21-19-17-15-16-18-20-22-24-26-29-32-36-40-44-48-54(59)56-52(51-57)53(58)47-43-39-35-31-14-12-10-8-6-4-2/h9,11,18,20,43,47,52-53,57-58H,3-8,10,12-17,19,21-42,44-46,48-51H2,1-2H3,(H,56,59)/b11-9-,20-18-,47-43+. The van der Waals surface area contributed by atoms with E-state index in [1.807, 2.05) is 6.08 Å². The number of ether oxygens (including phenoxy) is 1. The number of aliphatic hydroxyl groups excluding tert-OH is 2. The van der Waals surface area contributed by atoms with E-state index in [0.717, 1.165) is 51.4 Å². The van der Waals surface area contributed by atoms with Crippen LogP contribution in [0, 0.1) is 0 Å². The Morgan fingerprint density at radius 2 is 0.787 bits per heavy atom. The molecule has 0 spiro atoms. The molecule has 0 radical (unpaired) electrons. The van der Waals surface area contributed by atoms with Gasteiger partial charge in [-0.05, 0) is 77.0 Å². The summed E-state index contributed by atoms with van der Waals surface area (Å²) in [4.78, 5) is 24.3. The summed E-state index contributed by atoms with van der Waals surface area (Å²) in [5, 5.41) is 22.9. The molecular formula is C55H103NO5. The lowest BCUT2D eigenvalue weighted by molar-refractivity contribution is -0.143. The Kier molecular flexibility index (Phi) is 49.1. The lowest BCUT2D eigenvalue weighted by Gasteiger charge is -2.20. The minimum Gasteiger partial charge on any atom is -0.466 e. The Labute approximate surface area is 379 Å². The van der Waals surface area contributed by atoms with Gasteiger partial charge in [0.25, 0.3) is 0 Å². The van der Waals surface area contributed by atoms with E-state index in [1.54, 1.807) is 6.08 Å². The molecular weight excluding hydrogens is 755 g/mol. The molecule has 6 nitrogen and oxygen atoms in total. The Balaban J connectivity index is 3.42. The lowest BCUT2D eigenvalue weighted by atomic mass is 10.0. The molecule has 0 aromatic carbocycles. The van der Waals surface area contributed by atoms with Crippen molar-refractivity contribution < 1.29 is 24.5 Å². The van der Waals surface area contributed by atoms with Crippen molar-refractivity contribution in [2.45, 2.75) is 289 Å². The third-order valence-electron chi connectivity index (χ3n) is 12.1. The number of unbranched alkanes of at least 4 members (excludes halogenated alkanes) is 34. The van der Waals surface area contributed by atoms with Crippen molar-refractivity contribution in [2.75, 3.05) is 13.2 Å². The molecule has 0 aliphatic heterocycles. The summed E-state index contributed by atoms with van der Waals surface area (Å²) in [5.41, 5.74) is 0. The maximum atomic E-state index is 12.4. The number of nitrogens with one attached hydrogen (secondary N) is 1. The van der Waals surface area contributed by atoms with Crippen LogP contribution in [-0.4, -0.2) is 47.4 Å². The molecule has 0 aliphatic carbocycles. The average molecular weight is 858 g/mol. The van der Waals surface area contributed by atoms with Crippen LogP contribution in [0.25, 0.3) is 0 Å². The zero-order valence-corrected chi connectivity index (χ0v) is 40.6. The van der Waals surface area contributed by atoms with E-state index in [-0.39, 0.29) is 18.5 Å². The second-order valence-electron chi connectivity index (χ2n) is 18.2. The Bertz CT molecular complexity index is 993. The second-order valence-corrected chi connectivity index (χ2v) is 18.2. The Morgan fingerprint density at radius 1 is 0.443 bits per heavy atom. The number of hydrogen-bond donors (Lipinski definition) is 3. The van der Waals surface area contributed by atoms with Gasteiger partial charge in [-0.2, -0.15) is 0 Å². The molecule has 1 amide bonds. The highest BCUT2D eigenvalue weighted by Crippen LogP contribution is 2.15. The van der Waals surface area contributed by atoms with Crippen molar-refractivity contribution in [3.63, 3.8) is 0 Å². The smallest absolute Gasteiger partial charge is 0.305 e. The summed E-state index contributed by atoms with van der Waals surface area (Å²) >= 11 is 0. The van der Waals surface area contributed by atoms with Crippen molar-refractivity contribution in [2.24, 2.45) is 0 Å². The summed E-state index contributed by atoms with van der Waals surface area (Å²) in [6.45, 7) is 4.83. The fourth-order valence-electron chi connectivity index (χ4n) is 7.96. The van der Waals surface area contributed by atoms with Gasteiger partial charge in [0, 0.05) is 12.8 Å². The van der Waals surface area contributed by atoms with Crippen LogP contribution in [-0.2, 0) is 14.3 Å². The van der Waals surface area contributed by atoms with E-state index >= 15 is 0 Å². The van der Waals surface area contributed by atoms with E-state index in [4.69, 9.17) is 4.74 Å². The highest BCUT2D eigenvalue weighted by atomic mass is 16.5. The predicted molar refractivity (Wildman–Crippen MR) is 264 cm³/mol. The summed E-state index contributed by atoms with van der Waals surface area (Å²) in [6, 6.07) is -0.630. The van der Waals surface area contributed by atoms with Crippen LogP contribution in [0.3, 0.4) is 0 Å². The number of carbonyl (C=O) groups is 2. The zero-order chi connectivity index (χ0) is 44.4. The third-order valence-corrected chi connectivity index (χ3v) is 12.1. The molecule has 0 aromatic rings. The van der Waals surface area contributed by atoms with Crippen LogP contribution < -0.4 is 5.32 Å². The van der Waals surface area contributed by atoms with Gasteiger partial charge in [-0.15, -0.1) is 0 Å². The molecule has 2 unspecified atom stereocenters. The number of amides is 1. The SMILES string of the molecule is CCCC/C=C\CCCCCCCC(=O)OCCCCCCCCCCCCCC/C=C\CCCCCCCCCC(=O)NC(CO)C(O)/C=C/CCCCCCCCCC. The highest BCUT2D eigenvalue weighted by Gasteiger charge is 2.18. The van der Waals surface area contributed by atoms with Gasteiger partial charge in [-0.25, -0.2) is 0 Å². The van der Waals surface area contributed by atoms with Crippen molar-refractivity contribution in [1.29, 1.82) is 0 Å². The van der Waals surface area contributed by atoms with E-state index in [2.05, 4.69) is 43.5 Å². The van der Waals surface area contributed by atoms with Crippen LogP contribution in [0.4, 0.5) is 0 Å². The van der Waals surface area contributed by atoms with Gasteiger partial charge in [0.15, 0.2) is 0 Å².